The quantitative estimate of drug-likeness (QED) is 0.628. The summed E-state index contributed by atoms with van der Waals surface area (Å²) in [5.74, 6) is 0.886. The van der Waals surface area contributed by atoms with Crippen molar-refractivity contribution >= 4 is 15.9 Å². The fourth-order valence-electron chi connectivity index (χ4n) is 4.77. The monoisotopic (exact) mass is 472 g/mol. The van der Waals surface area contributed by atoms with Gasteiger partial charge in [0.1, 0.15) is 16.4 Å². The van der Waals surface area contributed by atoms with Gasteiger partial charge in [-0.2, -0.15) is 4.31 Å². The first-order chi connectivity index (χ1) is 16.0. The summed E-state index contributed by atoms with van der Waals surface area (Å²) in [7, 11) is -0.639. The maximum atomic E-state index is 13.7. The molecule has 0 radical (unpaired) electrons. The fraction of sp³-hybridized carbons (Fsp3) is 0.480. The molecule has 2 aromatic carbocycles. The van der Waals surface area contributed by atoms with E-state index in [0.29, 0.717) is 25.2 Å². The van der Waals surface area contributed by atoms with E-state index in [4.69, 9.17) is 9.47 Å². The number of likely N-dealkylation sites (tertiary alicyclic amines) is 1. The van der Waals surface area contributed by atoms with Crippen LogP contribution in [0.25, 0.3) is 0 Å². The Bertz CT molecular complexity index is 1080. The van der Waals surface area contributed by atoms with E-state index in [9.17, 15) is 13.2 Å². The minimum atomic E-state index is -3.73. The summed E-state index contributed by atoms with van der Waals surface area (Å²) >= 11 is 0. The van der Waals surface area contributed by atoms with E-state index in [-0.39, 0.29) is 22.6 Å². The lowest BCUT2D eigenvalue weighted by Gasteiger charge is -2.31. The zero-order chi connectivity index (χ0) is 23.4. The Balaban J connectivity index is 1.68. The Hall–Kier alpha value is -2.58. The molecule has 2 heterocycles. The van der Waals surface area contributed by atoms with Crippen molar-refractivity contribution in [1.82, 2.24) is 9.21 Å². The zero-order valence-electron chi connectivity index (χ0n) is 19.3. The van der Waals surface area contributed by atoms with Gasteiger partial charge >= 0.3 is 0 Å². The first-order valence-corrected chi connectivity index (χ1v) is 13.0. The molecule has 8 heteroatoms. The maximum absolute atomic E-state index is 13.7. The number of rotatable bonds is 6. The number of sulfonamides is 1. The average molecular weight is 473 g/mol. The Morgan fingerprint density at radius 1 is 0.879 bits per heavy atom. The van der Waals surface area contributed by atoms with Gasteiger partial charge in [0, 0.05) is 25.2 Å². The van der Waals surface area contributed by atoms with Crippen LogP contribution in [0, 0.1) is 0 Å². The zero-order valence-corrected chi connectivity index (χ0v) is 20.1. The molecule has 33 heavy (non-hydrogen) atoms. The lowest BCUT2D eigenvalue weighted by atomic mass is 10.00. The van der Waals surface area contributed by atoms with Crippen LogP contribution in [0.15, 0.2) is 47.4 Å². The minimum Gasteiger partial charge on any atom is -0.497 e. The molecule has 0 spiro atoms. The van der Waals surface area contributed by atoms with Crippen molar-refractivity contribution in [2.45, 2.75) is 49.5 Å². The first-order valence-electron chi connectivity index (χ1n) is 11.6. The van der Waals surface area contributed by atoms with E-state index in [2.05, 4.69) is 0 Å². The first kappa shape index (κ1) is 23.6. The molecule has 0 unspecified atom stereocenters. The third kappa shape index (κ3) is 4.87. The predicted octanol–water partition coefficient (Wildman–Crippen LogP) is 4.25. The van der Waals surface area contributed by atoms with Gasteiger partial charge in [-0.25, -0.2) is 8.42 Å². The van der Waals surface area contributed by atoms with E-state index in [0.717, 1.165) is 49.8 Å². The van der Waals surface area contributed by atoms with Crippen molar-refractivity contribution in [3.05, 3.63) is 53.6 Å². The number of carbonyl (C=O) groups excluding carboxylic acids is 1. The summed E-state index contributed by atoms with van der Waals surface area (Å²) in [6.07, 6.45) is 5.58. The van der Waals surface area contributed by atoms with E-state index in [1.54, 1.807) is 19.2 Å². The van der Waals surface area contributed by atoms with E-state index >= 15 is 0 Å². The molecule has 2 aliphatic rings. The molecule has 0 bridgehead atoms. The van der Waals surface area contributed by atoms with Crippen LogP contribution in [0.4, 0.5) is 0 Å². The minimum absolute atomic E-state index is 0.0633. The second-order valence-corrected chi connectivity index (χ2v) is 10.5. The third-order valence-electron chi connectivity index (χ3n) is 6.61. The van der Waals surface area contributed by atoms with E-state index in [1.165, 1.54) is 17.5 Å². The van der Waals surface area contributed by atoms with Crippen molar-refractivity contribution in [1.29, 1.82) is 0 Å². The highest BCUT2D eigenvalue weighted by Crippen LogP contribution is 2.34. The summed E-state index contributed by atoms with van der Waals surface area (Å²) in [4.78, 5) is 15.7. The van der Waals surface area contributed by atoms with Gasteiger partial charge in [0.2, 0.25) is 10.0 Å². The number of carbonyl (C=O) groups is 1. The summed E-state index contributed by atoms with van der Waals surface area (Å²) in [6, 6.07) is 12.5. The van der Waals surface area contributed by atoms with Gasteiger partial charge in [-0.1, -0.05) is 25.0 Å². The number of hydrogen-bond donors (Lipinski definition) is 0. The van der Waals surface area contributed by atoms with Crippen molar-refractivity contribution in [3.63, 3.8) is 0 Å². The molecule has 178 valence electrons. The van der Waals surface area contributed by atoms with Gasteiger partial charge in [-0.3, -0.25) is 4.79 Å². The fourth-order valence-corrected chi connectivity index (χ4v) is 6.47. The van der Waals surface area contributed by atoms with Crippen molar-refractivity contribution in [2.24, 2.45) is 0 Å². The van der Waals surface area contributed by atoms with Crippen LogP contribution in [0.3, 0.4) is 0 Å². The lowest BCUT2D eigenvalue weighted by Crippen LogP contribution is -2.35. The highest BCUT2D eigenvalue weighted by molar-refractivity contribution is 7.89. The summed E-state index contributed by atoms with van der Waals surface area (Å²) in [5.41, 5.74) is 1.43. The van der Waals surface area contributed by atoms with Crippen LogP contribution in [-0.4, -0.2) is 57.4 Å². The molecule has 2 saturated heterocycles. The smallest absolute Gasteiger partial charge is 0.254 e. The third-order valence-corrected chi connectivity index (χ3v) is 8.53. The average Bonchev–Trinajstić information content (AvgIpc) is 3.29. The molecular weight excluding hydrogens is 440 g/mol. The van der Waals surface area contributed by atoms with Gasteiger partial charge in [-0.15, -0.1) is 0 Å². The van der Waals surface area contributed by atoms with Crippen LogP contribution in [0.1, 0.15) is 60.5 Å². The molecular formula is C25H32N2O5S. The molecule has 0 aliphatic carbocycles. The van der Waals surface area contributed by atoms with E-state index < -0.39 is 10.0 Å². The van der Waals surface area contributed by atoms with Crippen LogP contribution in [-0.2, 0) is 10.0 Å². The number of hydrogen-bond acceptors (Lipinski definition) is 5. The summed E-state index contributed by atoms with van der Waals surface area (Å²) < 4.78 is 38.7. The Kier molecular flexibility index (Phi) is 7.24. The van der Waals surface area contributed by atoms with Gasteiger partial charge in [0.15, 0.2) is 0 Å². The van der Waals surface area contributed by atoms with Crippen molar-refractivity contribution < 1.29 is 22.7 Å². The molecule has 0 N–H and O–H groups in total. The van der Waals surface area contributed by atoms with Crippen LogP contribution < -0.4 is 9.47 Å². The van der Waals surface area contributed by atoms with E-state index in [1.807, 2.05) is 29.2 Å². The molecule has 4 rings (SSSR count). The van der Waals surface area contributed by atoms with Crippen LogP contribution in [0.5, 0.6) is 11.5 Å². The number of amides is 1. The molecule has 2 aromatic rings. The van der Waals surface area contributed by atoms with Gasteiger partial charge < -0.3 is 14.4 Å². The van der Waals surface area contributed by atoms with Crippen molar-refractivity contribution in [2.75, 3.05) is 33.9 Å². The molecule has 7 nitrogen and oxygen atoms in total. The molecule has 2 fully saturated rings. The Morgan fingerprint density at radius 3 is 2.24 bits per heavy atom. The summed E-state index contributed by atoms with van der Waals surface area (Å²) in [5, 5.41) is 0. The highest BCUT2D eigenvalue weighted by Gasteiger charge is 2.32. The van der Waals surface area contributed by atoms with Crippen LogP contribution in [0.2, 0.25) is 0 Å². The standard InChI is InChI=1S/C25H32N2O5S/c1-31-21-12-9-19(10-13-21)22-8-4-3-5-17-27(22)25(28)20-11-14-23(32-2)24(18-20)33(29,30)26-15-6-7-16-26/h9-14,18,22H,3-8,15-17H2,1-2H3/t22-/m0/s1. The molecule has 1 amide bonds. The largest absolute Gasteiger partial charge is 0.497 e. The second kappa shape index (κ2) is 10.1. The Morgan fingerprint density at radius 2 is 1.58 bits per heavy atom. The van der Waals surface area contributed by atoms with Crippen molar-refractivity contribution in [3.8, 4) is 11.5 Å². The maximum Gasteiger partial charge on any atom is 0.254 e. The summed E-state index contributed by atoms with van der Waals surface area (Å²) in [6.45, 7) is 1.63. The Labute approximate surface area is 196 Å². The highest BCUT2D eigenvalue weighted by atomic mass is 32.2. The van der Waals surface area contributed by atoms with Gasteiger partial charge in [0.05, 0.1) is 20.3 Å². The number of ether oxygens (including phenoxy) is 2. The number of methoxy groups -OCH3 is 2. The topological polar surface area (TPSA) is 76.1 Å². The van der Waals surface area contributed by atoms with Gasteiger partial charge in [0.25, 0.3) is 5.91 Å². The molecule has 0 saturated carbocycles. The lowest BCUT2D eigenvalue weighted by molar-refractivity contribution is 0.0680. The molecule has 2 aliphatic heterocycles. The van der Waals surface area contributed by atoms with Crippen LogP contribution >= 0.6 is 0 Å². The normalized spacial score (nSPS) is 19.8. The van der Waals surface area contributed by atoms with Gasteiger partial charge in [-0.05, 0) is 61.6 Å². The molecule has 1 atom stereocenters. The molecule has 0 aromatic heterocycles. The predicted molar refractivity (Wildman–Crippen MR) is 126 cm³/mol. The SMILES string of the molecule is COc1ccc([C@@H]2CCCCCN2C(=O)c2ccc(OC)c(S(=O)(=O)N3CCCC3)c2)cc1. The second-order valence-electron chi connectivity index (χ2n) is 8.61. The number of benzene rings is 2. The number of nitrogens with zero attached hydrogens (tertiary/aromatic N) is 2.